The smallest absolute Gasteiger partial charge is 0.124 e. The Hall–Kier alpha value is -2.07. The summed E-state index contributed by atoms with van der Waals surface area (Å²) in [6.45, 7) is 1.01. The van der Waals surface area contributed by atoms with E-state index in [1.807, 2.05) is 36.4 Å². The van der Waals surface area contributed by atoms with Crippen molar-refractivity contribution in [1.29, 1.82) is 0 Å². The summed E-state index contributed by atoms with van der Waals surface area (Å²) in [4.78, 5) is 4.26. The van der Waals surface area contributed by atoms with Gasteiger partial charge in [0.05, 0.1) is 13.7 Å². The highest BCUT2D eigenvalue weighted by atomic mass is 16.5. The molecule has 0 atom stereocenters. The molecule has 0 amide bonds. The van der Waals surface area contributed by atoms with E-state index in [9.17, 15) is 0 Å². The Labute approximate surface area is 113 Å². The Morgan fingerprint density at radius 3 is 2.79 bits per heavy atom. The Balaban J connectivity index is 1.96. The quantitative estimate of drug-likeness (QED) is 0.862. The molecule has 2 rings (SSSR count). The van der Waals surface area contributed by atoms with Crippen molar-refractivity contribution in [3.05, 3.63) is 53.9 Å². The van der Waals surface area contributed by atoms with Crippen molar-refractivity contribution in [2.75, 3.05) is 13.7 Å². The zero-order valence-electron chi connectivity index (χ0n) is 11.0. The van der Waals surface area contributed by atoms with Crippen LogP contribution in [0.1, 0.15) is 11.3 Å². The summed E-state index contributed by atoms with van der Waals surface area (Å²) in [5, 5.41) is 0. The van der Waals surface area contributed by atoms with E-state index in [2.05, 4.69) is 4.98 Å². The van der Waals surface area contributed by atoms with Crippen LogP contribution in [0, 0.1) is 0 Å². The fraction of sp³-hybridized carbons (Fsp3) is 0.267. The molecule has 1 aromatic heterocycles. The maximum atomic E-state index is 5.76. The molecule has 0 aliphatic rings. The fourth-order valence-corrected chi connectivity index (χ4v) is 1.79. The monoisotopic (exact) mass is 258 g/mol. The molecular weight excluding hydrogens is 240 g/mol. The van der Waals surface area contributed by atoms with Crippen LogP contribution < -0.4 is 15.2 Å². The van der Waals surface area contributed by atoms with Crippen LogP contribution in [0.5, 0.6) is 11.5 Å². The van der Waals surface area contributed by atoms with Crippen LogP contribution in [0.4, 0.5) is 0 Å². The highest BCUT2D eigenvalue weighted by Crippen LogP contribution is 2.23. The highest BCUT2D eigenvalue weighted by molar-refractivity contribution is 5.40. The summed E-state index contributed by atoms with van der Waals surface area (Å²) in [6, 6.07) is 11.5. The number of aromatic nitrogens is 1. The molecule has 19 heavy (non-hydrogen) atoms. The maximum absolute atomic E-state index is 5.76. The van der Waals surface area contributed by atoms with Gasteiger partial charge in [0.25, 0.3) is 0 Å². The van der Waals surface area contributed by atoms with Gasteiger partial charge in [-0.15, -0.1) is 0 Å². The number of hydrogen-bond acceptors (Lipinski definition) is 4. The lowest BCUT2D eigenvalue weighted by molar-refractivity contribution is 0.316. The van der Waals surface area contributed by atoms with Crippen molar-refractivity contribution in [3.8, 4) is 11.5 Å². The molecule has 2 aromatic rings. The third-order valence-electron chi connectivity index (χ3n) is 2.83. The normalized spacial score (nSPS) is 10.2. The molecule has 0 aliphatic heterocycles. The molecule has 0 unspecified atom stereocenters. The van der Waals surface area contributed by atoms with Crippen molar-refractivity contribution in [1.82, 2.24) is 4.98 Å². The summed E-state index contributed by atoms with van der Waals surface area (Å²) in [7, 11) is 1.64. The molecule has 0 aliphatic carbocycles. The SMILES string of the molecule is COc1ccc(OCCc2ccccn2)c(CN)c1. The van der Waals surface area contributed by atoms with Gasteiger partial charge >= 0.3 is 0 Å². The summed E-state index contributed by atoms with van der Waals surface area (Å²) < 4.78 is 10.9. The van der Waals surface area contributed by atoms with Gasteiger partial charge in [-0.1, -0.05) is 6.07 Å². The lowest BCUT2D eigenvalue weighted by Crippen LogP contribution is -2.06. The van der Waals surface area contributed by atoms with Gasteiger partial charge in [-0.05, 0) is 30.3 Å². The molecule has 0 fully saturated rings. The van der Waals surface area contributed by atoms with Crippen molar-refractivity contribution in [3.63, 3.8) is 0 Å². The number of hydrogen-bond donors (Lipinski definition) is 1. The summed E-state index contributed by atoms with van der Waals surface area (Å²) in [5.41, 5.74) is 7.67. The predicted molar refractivity (Wildman–Crippen MR) is 74.3 cm³/mol. The van der Waals surface area contributed by atoms with Crippen LogP contribution >= 0.6 is 0 Å². The molecule has 0 saturated heterocycles. The minimum absolute atomic E-state index is 0.427. The lowest BCUT2D eigenvalue weighted by Gasteiger charge is -2.11. The predicted octanol–water partition coefficient (Wildman–Crippen LogP) is 2.17. The Morgan fingerprint density at radius 2 is 2.11 bits per heavy atom. The largest absolute Gasteiger partial charge is 0.497 e. The molecule has 0 radical (unpaired) electrons. The fourth-order valence-electron chi connectivity index (χ4n) is 1.79. The standard InChI is InChI=1S/C15H18N2O2/c1-18-14-5-6-15(12(10-14)11-16)19-9-7-13-4-2-3-8-17-13/h2-6,8,10H,7,9,11,16H2,1H3. The highest BCUT2D eigenvalue weighted by Gasteiger charge is 2.04. The van der Waals surface area contributed by atoms with Gasteiger partial charge in [0.2, 0.25) is 0 Å². The van der Waals surface area contributed by atoms with Crippen molar-refractivity contribution in [2.24, 2.45) is 5.73 Å². The van der Waals surface area contributed by atoms with E-state index in [0.717, 1.165) is 29.2 Å². The van der Waals surface area contributed by atoms with Crippen molar-refractivity contribution < 1.29 is 9.47 Å². The molecule has 0 spiro atoms. The summed E-state index contributed by atoms with van der Waals surface area (Å²) >= 11 is 0. The lowest BCUT2D eigenvalue weighted by atomic mass is 10.2. The summed E-state index contributed by atoms with van der Waals surface area (Å²) in [5.74, 6) is 1.59. The van der Waals surface area contributed by atoms with Crippen LogP contribution in [0.3, 0.4) is 0 Å². The van der Waals surface area contributed by atoms with Crippen LogP contribution in [0.25, 0.3) is 0 Å². The van der Waals surface area contributed by atoms with E-state index in [4.69, 9.17) is 15.2 Å². The van der Waals surface area contributed by atoms with Crippen LogP contribution in [0.2, 0.25) is 0 Å². The van der Waals surface area contributed by atoms with Gasteiger partial charge < -0.3 is 15.2 Å². The van der Waals surface area contributed by atoms with E-state index in [1.165, 1.54) is 0 Å². The first-order valence-corrected chi connectivity index (χ1v) is 6.23. The molecule has 2 N–H and O–H groups in total. The maximum Gasteiger partial charge on any atom is 0.124 e. The molecule has 100 valence electrons. The number of pyridine rings is 1. The topological polar surface area (TPSA) is 57.4 Å². The van der Waals surface area contributed by atoms with E-state index < -0.39 is 0 Å². The third-order valence-corrected chi connectivity index (χ3v) is 2.83. The van der Waals surface area contributed by atoms with Gasteiger partial charge in [-0.3, -0.25) is 4.98 Å². The second-order valence-electron chi connectivity index (χ2n) is 4.10. The van der Waals surface area contributed by atoms with E-state index in [-0.39, 0.29) is 0 Å². The minimum Gasteiger partial charge on any atom is -0.497 e. The van der Waals surface area contributed by atoms with Crippen molar-refractivity contribution in [2.45, 2.75) is 13.0 Å². The molecule has 0 saturated carbocycles. The average Bonchev–Trinajstić information content (AvgIpc) is 2.48. The van der Waals surface area contributed by atoms with Crippen LogP contribution in [0.15, 0.2) is 42.6 Å². The second-order valence-corrected chi connectivity index (χ2v) is 4.10. The number of nitrogens with zero attached hydrogens (tertiary/aromatic N) is 1. The van der Waals surface area contributed by atoms with Gasteiger partial charge in [-0.2, -0.15) is 0 Å². The Kier molecular flexibility index (Phi) is 4.75. The van der Waals surface area contributed by atoms with Gasteiger partial charge in [0.15, 0.2) is 0 Å². The zero-order valence-corrected chi connectivity index (χ0v) is 11.0. The molecule has 1 heterocycles. The van der Waals surface area contributed by atoms with Gasteiger partial charge in [-0.25, -0.2) is 0 Å². The second kappa shape index (κ2) is 6.75. The molecule has 4 nitrogen and oxygen atoms in total. The first-order valence-electron chi connectivity index (χ1n) is 6.23. The summed E-state index contributed by atoms with van der Waals surface area (Å²) in [6.07, 6.45) is 2.56. The molecular formula is C15H18N2O2. The van der Waals surface area contributed by atoms with E-state index >= 15 is 0 Å². The first-order chi connectivity index (χ1) is 9.33. The zero-order chi connectivity index (χ0) is 13.5. The average molecular weight is 258 g/mol. The Bertz CT molecular complexity index is 515. The van der Waals surface area contributed by atoms with E-state index in [0.29, 0.717) is 13.2 Å². The van der Waals surface area contributed by atoms with Crippen LogP contribution in [-0.4, -0.2) is 18.7 Å². The number of rotatable bonds is 6. The minimum atomic E-state index is 0.427. The number of methoxy groups -OCH3 is 1. The third kappa shape index (κ3) is 3.69. The van der Waals surface area contributed by atoms with Gasteiger partial charge in [0, 0.05) is 30.4 Å². The molecule has 0 bridgehead atoms. The van der Waals surface area contributed by atoms with E-state index in [1.54, 1.807) is 13.3 Å². The Morgan fingerprint density at radius 1 is 1.21 bits per heavy atom. The molecule has 1 aromatic carbocycles. The number of benzene rings is 1. The number of ether oxygens (including phenoxy) is 2. The van der Waals surface area contributed by atoms with Crippen LogP contribution in [-0.2, 0) is 13.0 Å². The molecule has 4 heteroatoms. The number of nitrogens with two attached hydrogens (primary N) is 1. The first kappa shape index (κ1) is 13.4. The van der Waals surface area contributed by atoms with Crippen molar-refractivity contribution >= 4 is 0 Å². The van der Waals surface area contributed by atoms with Gasteiger partial charge in [0.1, 0.15) is 11.5 Å².